The molecule has 1 aromatic carbocycles. The summed E-state index contributed by atoms with van der Waals surface area (Å²) in [6.07, 6.45) is -4.73. The molecule has 4 nitrogen and oxygen atoms in total. The van der Waals surface area contributed by atoms with Crippen molar-refractivity contribution in [2.45, 2.75) is 25.2 Å². The van der Waals surface area contributed by atoms with Gasteiger partial charge in [0.15, 0.2) is 0 Å². The van der Waals surface area contributed by atoms with Gasteiger partial charge in [-0.25, -0.2) is 0 Å². The molecular formula is C13H13F3O4. The molecule has 0 N–H and O–H groups in total. The zero-order valence-electron chi connectivity index (χ0n) is 10.6. The van der Waals surface area contributed by atoms with Crippen molar-refractivity contribution in [1.82, 2.24) is 0 Å². The quantitative estimate of drug-likeness (QED) is 0.839. The Hall–Kier alpha value is -1.47. The summed E-state index contributed by atoms with van der Waals surface area (Å²) in [5, 5.41) is 0. The number of ether oxygens (including phenoxy) is 4. The number of hydrogen-bond acceptors (Lipinski definition) is 4. The third-order valence-electron chi connectivity index (χ3n) is 3.49. The van der Waals surface area contributed by atoms with Crippen LogP contribution in [0.2, 0.25) is 0 Å². The van der Waals surface area contributed by atoms with E-state index in [0.29, 0.717) is 17.9 Å². The minimum atomic E-state index is -4.72. The first-order valence-corrected chi connectivity index (χ1v) is 6.18. The summed E-state index contributed by atoms with van der Waals surface area (Å²) >= 11 is 0. The monoisotopic (exact) mass is 290 g/mol. The molecule has 3 atom stereocenters. The summed E-state index contributed by atoms with van der Waals surface area (Å²) in [4.78, 5) is 0. The molecule has 110 valence electrons. The number of alkyl halides is 3. The molecule has 0 aromatic heterocycles. The number of halogens is 3. The van der Waals surface area contributed by atoms with Crippen molar-refractivity contribution in [2.75, 3.05) is 13.7 Å². The molecule has 1 saturated heterocycles. The molecule has 2 heterocycles. The van der Waals surface area contributed by atoms with Crippen LogP contribution in [-0.4, -0.2) is 26.4 Å². The Labute approximate surface area is 113 Å². The van der Waals surface area contributed by atoms with Crippen molar-refractivity contribution in [2.24, 2.45) is 5.92 Å². The Morgan fingerprint density at radius 1 is 1.30 bits per heavy atom. The van der Waals surface area contributed by atoms with Gasteiger partial charge < -0.3 is 18.9 Å². The zero-order valence-corrected chi connectivity index (χ0v) is 10.6. The lowest BCUT2D eigenvalue weighted by Gasteiger charge is -2.34. The average molecular weight is 290 g/mol. The molecule has 0 unspecified atom stereocenters. The van der Waals surface area contributed by atoms with E-state index in [4.69, 9.17) is 14.2 Å². The molecule has 0 radical (unpaired) electrons. The van der Waals surface area contributed by atoms with Crippen molar-refractivity contribution in [1.29, 1.82) is 0 Å². The van der Waals surface area contributed by atoms with E-state index in [1.54, 1.807) is 0 Å². The van der Waals surface area contributed by atoms with Gasteiger partial charge in [-0.1, -0.05) is 0 Å². The minimum Gasteiger partial charge on any atom is -0.464 e. The van der Waals surface area contributed by atoms with Crippen LogP contribution >= 0.6 is 0 Å². The highest BCUT2D eigenvalue weighted by atomic mass is 19.4. The maximum absolute atomic E-state index is 12.3. The van der Waals surface area contributed by atoms with Crippen LogP contribution in [-0.2, 0) is 9.47 Å². The van der Waals surface area contributed by atoms with Crippen molar-refractivity contribution >= 4 is 0 Å². The molecule has 20 heavy (non-hydrogen) atoms. The molecule has 7 heteroatoms. The smallest absolute Gasteiger partial charge is 0.464 e. The first-order valence-electron chi connectivity index (χ1n) is 6.18. The minimum absolute atomic E-state index is 0.0198. The van der Waals surface area contributed by atoms with Gasteiger partial charge in [0.05, 0.1) is 18.6 Å². The summed E-state index contributed by atoms with van der Waals surface area (Å²) in [6, 6.07) is 3.97. The van der Waals surface area contributed by atoms with Crippen LogP contribution in [0.3, 0.4) is 0 Å². The van der Waals surface area contributed by atoms with Gasteiger partial charge in [-0.3, -0.25) is 0 Å². The van der Waals surface area contributed by atoms with E-state index in [1.807, 2.05) is 0 Å². The third kappa shape index (κ3) is 2.43. The van der Waals surface area contributed by atoms with E-state index in [9.17, 15) is 13.2 Å². The molecule has 0 saturated carbocycles. The SMILES string of the molecule is CO[C@H]1c2cc(OC(F)(F)F)ccc2O[C@H]2OCC[C@H]21. The molecule has 2 aliphatic heterocycles. The molecule has 0 amide bonds. The third-order valence-corrected chi connectivity index (χ3v) is 3.49. The van der Waals surface area contributed by atoms with E-state index in [2.05, 4.69) is 4.74 Å². The highest BCUT2D eigenvalue weighted by Crippen LogP contribution is 2.46. The van der Waals surface area contributed by atoms with Gasteiger partial charge in [0.1, 0.15) is 11.5 Å². The maximum Gasteiger partial charge on any atom is 0.573 e. The second-order valence-electron chi connectivity index (χ2n) is 4.71. The standard InChI is InChI=1S/C13H13F3O4/c1-17-11-8-4-5-18-12(8)19-10-3-2-7(6-9(10)11)20-13(14,15)16/h2-3,6,8,11-12H,4-5H2,1H3/t8-,11+,12+/m0/s1. The molecule has 0 spiro atoms. The van der Waals surface area contributed by atoms with Crippen molar-refractivity contribution < 1.29 is 32.1 Å². The highest BCUT2D eigenvalue weighted by Gasteiger charge is 2.43. The Bertz CT molecular complexity index is 503. The van der Waals surface area contributed by atoms with Crippen LogP contribution in [0.15, 0.2) is 18.2 Å². The van der Waals surface area contributed by atoms with Crippen LogP contribution in [0, 0.1) is 5.92 Å². The van der Waals surface area contributed by atoms with Gasteiger partial charge in [-0.05, 0) is 24.6 Å². The van der Waals surface area contributed by atoms with Gasteiger partial charge >= 0.3 is 6.36 Å². The average Bonchev–Trinajstić information content (AvgIpc) is 2.81. The van der Waals surface area contributed by atoms with Crippen LogP contribution in [0.25, 0.3) is 0 Å². The molecule has 0 bridgehead atoms. The van der Waals surface area contributed by atoms with Crippen LogP contribution in [0.5, 0.6) is 11.5 Å². The summed E-state index contributed by atoms with van der Waals surface area (Å²) in [5.74, 6) is 0.169. The first-order chi connectivity index (χ1) is 9.48. The molecular weight excluding hydrogens is 277 g/mol. The zero-order chi connectivity index (χ0) is 14.3. The van der Waals surface area contributed by atoms with E-state index < -0.39 is 12.7 Å². The normalized spacial score (nSPS) is 28.5. The van der Waals surface area contributed by atoms with E-state index >= 15 is 0 Å². The lowest BCUT2D eigenvalue weighted by atomic mass is 9.90. The van der Waals surface area contributed by atoms with Crippen molar-refractivity contribution in [3.05, 3.63) is 23.8 Å². The summed E-state index contributed by atoms with van der Waals surface area (Å²) < 4.78 is 57.2. The predicted octanol–water partition coefficient (Wildman–Crippen LogP) is 3.03. The molecule has 2 aliphatic rings. The second-order valence-corrected chi connectivity index (χ2v) is 4.71. The maximum atomic E-state index is 12.3. The van der Waals surface area contributed by atoms with Crippen molar-refractivity contribution in [3.63, 3.8) is 0 Å². The van der Waals surface area contributed by atoms with Gasteiger partial charge in [-0.15, -0.1) is 13.2 Å². The Balaban J connectivity index is 1.93. The fourth-order valence-corrected chi connectivity index (χ4v) is 2.71. The van der Waals surface area contributed by atoms with Gasteiger partial charge in [0.2, 0.25) is 6.29 Å². The number of fused-ring (bicyclic) bond motifs is 2. The van der Waals surface area contributed by atoms with E-state index in [1.165, 1.54) is 25.3 Å². The largest absolute Gasteiger partial charge is 0.573 e. The lowest BCUT2D eigenvalue weighted by Crippen LogP contribution is -2.33. The highest BCUT2D eigenvalue weighted by molar-refractivity contribution is 5.43. The number of methoxy groups -OCH3 is 1. The van der Waals surface area contributed by atoms with Gasteiger partial charge in [0.25, 0.3) is 0 Å². The van der Waals surface area contributed by atoms with Crippen LogP contribution in [0.4, 0.5) is 13.2 Å². The van der Waals surface area contributed by atoms with E-state index in [-0.39, 0.29) is 17.8 Å². The summed E-state index contributed by atoms with van der Waals surface area (Å²) in [5.41, 5.74) is 0.556. The fraction of sp³-hybridized carbons (Fsp3) is 0.538. The molecule has 1 fully saturated rings. The van der Waals surface area contributed by atoms with Crippen molar-refractivity contribution in [3.8, 4) is 11.5 Å². The van der Waals surface area contributed by atoms with E-state index in [0.717, 1.165) is 6.42 Å². The molecule has 1 aromatic rings. The van der Waals surface area contributed by atoms with Gasteiger partial charge in [0, 0.05) is 12.7 Å². The Kier molecular flexibility index (Phi) is 3.25. The second kappa shape index (κ2) is 4.82. The predicted molar refractivity (Wildman–Crippen MR) is 61.4 cm³/mol. The first kappa shape index (κ1) is 13.5. The summed E-state index contributed by atoms with van der Waals surface area (Å²) in [7, 11) is 1.52. The molecule has 3 rings (SSSR count). The number of rotatable bonds is 2. The summed E-state index contributed by atoms with van der Waals surface area (Å²) in [6.45, 7) is 0.551. The van der Waals surface area contributed by atoms with Gasteiger partial charge in [-0.2, -0.15) is 0 Å². The number of benzene rings is 1. The lowest BCUT2D eigenvalue weighted by molar-refractivity contribution is -0.274. The number of hydrogen-bond donors (Lipinski definition) is 0. The fourth-order valence-electron chi connectivity index (χ4n) is 2.71. The molecule has 0 aliphatic carbocycles. The Morgan fingerprint density at radius 2 is 2.10 bits per heavy atom. The Morgan fingerprint density at radius 3 is 2.80 bits per heavy atom. The van der Waals surface area contributed by atoms with Crippen LogP contribution in [0.1, 0.15) is 18.1 Å². The van der Waals surface area contributed by atoms with Crippen LogP contribution < -0.4 is 9.47 Å². The topological polar surface area (TPSA) is 36.9 Å².